The molecule has 0 spiro atoms. The van der Waals surface area contributed by atoms with Crippen LogP contribution in [-0.4, -0.2) is 18.6 Å². The van der Waals surface area contributed by atoms with E-state index in [9.17, 15) is 0 Å². The molecular weight excluding hydrogens is 196 g/mol. The first-order chi connectivity index (χ1) is 7.70. The molecule has 0 atom stereocenters. The molecule has 2 N–H and O–H groups in total. The van der Waals surface area contributed by atoms with E-state index in [4.69, 9.17) is 5.73 Å². The maximum Gasteiger partial charge on any atom is 0.0399 e. The molecule has 1 aliphatic heterocycles. The zero-order chi connectivity index (χ0) is 11.2. The third-order valence-corrected chi connectivity index (χ3v) is 3.97. The summed E-state index contributed by atoms with van der Waals surface area (Å²) in [6.45, 7) is 4.53. The average Bonchev–Trinajstić information content (AvgIpc) is 2.86. The Morgan fingerprint density at radius 3 is 2.88 bits per heavy atom. The van der Waals surface area contributed by atoms with Crippen LogP contribution < -0.4 is 10.6 Å². The summed E-state index contributed by atoms with van der Waals surface area (Å²) in [6.07, 6.45) is 4.66. The van der Waals surface area contributed by atoms with Crippen molar-refractivity contribution in [2.24, 2.45) is 5.73 Å². The Hall–Kier alpha value is -1.02. The van der Waals surface area contributed by atoms with Crippen LogP contribution in [0.15, 0.2) is 18.2 Å². The normalized spacial score (nSPS) is 21.0. The molecular formula is C14H20N2. The molecule has 0 radical (unpaired) electrons. The third-order valence-electron chi connectivity index (χ3n) is 3.97. The Morgan fingerprint density at radius 2 is 2.19 bits per heavy atom. The highest BCUT2D eigenvalue weighted by Crippen LogP contribution is 2.37. The van der Waals surface area contributed by atoms with E-state index in [1.165, 1.54) is 42.6 Å². The Kier molecular flexibility index (Phi) is 2.21. The fourth-order valence-corrected chi connectivity index (χ4v) is 2.71. The number of hydrogen-bond acceptors (Lipinski definition) is 2. The molecule has 16 heavy (non-hydrogen) atoms. The molecule has 1 aromatic carbocycles. The van der Waals surface area contributed by atoms with Crippen molar-refractivity contribution in [1.82, 2.24) is 0 Å². The molecule has 1 fully saturated rings. The predicted octanol–water partition coefficient (Wildman–Crippen LogP) is 2.10. The van der Waals surface area contributed by atoms with E-state index in [-0.39, 0.29) is 5.54 Å². The second-order valence-electron chi connectivity index (χ2n) is 5.33. The Bertz CT molecular complexity index is 407. The van der Waals surface area contributed by atoms with Gasteiger partial charge in [0.25, 0.3) is 0 Å². The molecule has 1 aromatic rings. The molecule has 0 unspecified atom stereocenters. The maximum atomic E-state index is 6.17. The minimum absolute atomic E-state index is 0.136. The van der Waals surface area contributed by atoms with E-state index in [0.717, 1.165) is 13.0 Å². The summed E-state index contributed by atoms with van der Waals surface area (Å²) >= 11 is 0. The Balaban J connectivity index is 1.83. The quantitative estimate of drug-likeness (QED) is 0.838. The molecule has 86 valence electrons. The number of benzene rings is 1. The standard InChI is InChI=1S/C14H20N2/c1-2-16-8-5-12-9-11(3-4-13(12)16)10-14(15)6-7-14/h3-4,9H,2,5-8,10,15H2,1H3. The third kappa shape index (κ3) is 1.71. The summed E-state index contributed by atoms with van der Waals surface area (Å²) in [7, 11) is 0. The van der Waals surface area contributed by atoms with Gasteiger partial charge >= 0.3 is 0 Å². The van der Waals surface area contributed by atoms with Crippen molar-refractivity contribution < 1.29 is 0 Å². The van der Waals surface area contributed by atoms with Crippen molar-refractivity contribution in [3.63, 3.8) is 0 Å². The molecule has 0 amide bonds. The lowest BCUT2D eigenvalue weighted by atomic mass is 10.0. The lowest BCUT2D eigenvalue weighted by molar-refractivity contribution is 0.672. The lowest BCUT2D eigenvalue weighted by Gasteiger charge is -2.17. The van der Waals surface area contributed by atoms with Gasteiger partial charge in [-0.25, -0.2) is 0 Å². The summed E-state index contributed by atoms with van der Waals surface area (Å²) < 4.78 is 0. The van der Waals surface area contributed by atoms with E-state index in [2.05, 4.69) is 30.0 Å². The smallest absolute Gasteiger partial charge is 0.0399 e. The number of fused-ring (bicyclic) bond motifs is 1. The van der Waals surface area contributed by atoms with Gasteiger partial charge in [-0.1, -0.05) is 12.1 Å². The minimum atomic E-state index is 0.136. The van der Waals surface area contributed by atoms with Gasteiger partial charge in [0.2, 0.25) is 0 Å². The van der Waals surface area contributed by atoms with E-state index in [1.54, 1.807) is 0 Å². The average molecular weight is 216 g/mol. The molecule has 0 saturated heterocycles. The van der Waals surface area contributed by atoms with E-state index >= 15 is 0 Å². The van der Waals surface area contributed by atoms with Crippen molar-refractivity contribution in [2.45, 2.75) is 38.1 Å². The second kappa shape index (κ2) is 3.49. The van der Waals surface area contributed by atoms with Crippen molar-refractivity contribution in [3.05, 3.63) is 29.3 Å². The zero-order valence-electron chi connectivity index (χ0n) is 10.00. The van der Waals surface area contributed by atoms with Gasteiger partial charge in [-0.3, -0.25) is 0 Å². The molecule has 1 saturated carbocycles. The first-order valence-electron chi connectivity index (χ1n) is 6.36. The number of nitrogens with zero attached hydrogens (tertiary/aromatic N) is 1. The van der Waals surface area contributed by atoms with Gasteiger partial charge in [0.1, 0.15) is 0 Å². The second-order valence-corrected chi connectivity index (χ2v) is 5.33. The molecule has 0 aromatic heterocycles. The van der Waals surface area contributed by atoms with Crippen LogP contribution in [0.3, 0.4) is 0 Å². The van der Waals surface area contributed by atoms with Crippen LogP contribution in [0.1, 0.15) is 30.9 Å². The number of hydrogen-bond donors (Lipinski definition) is 1. The Labute approximate surface area is 97.4 Å². The summed E-state index contributed by atoms with van der Waals surface area (Å²) in [5.74, 6) is 0. The molecule has 3 rings (SSSR count). The van der Waals surface area contributed by atoms with E-state index in [0.29, 0.717) is 0 Å². The van der Waals surface area contributed by atoms with Gasteiger partial charge in [0.15, 0.2) is 0 Å². The largest absolute Gasteiger partial charge is 0.371 e. The van der Waals surface area contributed by atoms with Crippen LogP contribution in [0.25, 0.3) is 0 Å². The van der Waals surface area contributed by atoms with Crippen LogP contribution in [-0.2, 0) is 12.8 Å². The lowest BCUT2D eigenvalue weighted by Crippen LogP contribution is -2.24. The predicted molar refractivity (Wildman–Crippen MR) is 67.9 cm³/mol. The first-order valence-corrected chi connectivity index (χ1v) is 6.36. The molecule has 2 nitrogen and oxygen atoms in total. The zero-order valence-corrected chi connectivity index (χ0v) is 10.00. The van der Waals surface area contributed by atoms with Gasteiger partial charge in [-0.15, -0.1) is 0 Å². The monoisotopic (exact) mass is 216 g/mol. The fourth-order valence-electron chi connectivity index (χ4n) is 2.71. The maximum absolute atomic E-state index is 6.17. The number of nitrogens with two attached hydrogens (primary N) is 1. The van der Waals surface area contributed by atoms with E-state index in [1.807, 2.05) is 0 Å². The van der Waals surface area contributed by atoms with Gasteiger partial charge < -0.3 is 10.6 Å². The van der Waals surface area contributed by atoms with Crippen molar-refractivity contribution in [1.29, 1.82) is 0 Å². The minimum Gasteiger partial charge on any atom is -0.371 e. The van der Waals surface area contributed by atoms with Crippen molar-refractivity contribution >= 4 is 5.69 Å². The highest BCUT2D eigenvalue weighted by Gasteiger charge is 2.38. The van der Waals surface area contributed by atoms with Crippen molar-refractivity contribution in [2.75, 3.05) is 18.0 Å². The molecule has 2 heteroatoms. The van der Waals surface area contributed by atoms with Crippen LogP contribution in [0.5, 0.6) is 0 Å². The summed E-state index contributed by atoms with van der Waals surface area (Å²) in [4.78, 5) is 2.45. The molecule has 2 aliphatic rings. The highest BCUT2D eigenvalue weighted by molar-refractivity contribution is 5.59. The summed E-state index contributed by atoms with van der Waals surface area (Å²) in [5.41, 5.74) is 10.7. The fraction of sp³-hybridized carbons (Fsp3) is 0.571. The van der Waals surface area contributed by atoms with E-state index < -0.39 is 0 Å². The number of rotatable bonds is 3. The van der Waals surface area contributed by atoms with Crippen LogP contribution in [0.2, 0.25) is 0 Å². The van der Waals surface area contributed by atoms with Gasteiger partial charge in [-0.2, -0.15) is 0 Å². The first kappa shape index (κ1) is 10.2. The van der Waals surface area contributed by atoms with Crippen LogP contribution >= 0.6 is 0 Å². The van der Waals surface area contributed by atoms with Crippen molar-refractivity contribution in [3.8, 4) is 0 Å². The molecule has 0 bridgehead atoms. The Morgan fingerprint density at radius 1 is 1.38 bits per heavy atom. The summed E-state index contributed by atoms with van der Waals surface area (Å²) in [6, 6.07) is 6.92. The van der Waals surface area contributed by atoms with Gasteiger partial charge in [-0.05, 0) is 49.8 Å². The summed E-state index contributed by atoms with van der Waals surface area (Å²) in [5, 5.41) is 0. The van der Waals surface area contributed by atoms with Crippen LogP contribution in [0.4, 0.5) is 5.69 Å². The molecule has 1 aliphatic carbocycles. The van der Waals surface area contributed by atoms with Crippen LogP contribution in [0, 0.1) is 0 Å². The number of anilines is 1. The topological polar surface area (TPSA) is 29.3 Å². The molecule has 1 heterocycles. The SMILES string of the molecule is CCN1CCc2cc(CC3(N)CC3)ccc21. The van der Waals surface area contributed by atoms with Gasteiger partial charge in [0.05, 0.1) is 0 Å². The number of likely N-dealkylation sites (N-methyl/N-ethyl adjacent to an activating group) is 1. The highest BCUT2D eigenvalue weighted by atomic mass is 15.1. The van der Waals surface area contributed by atoms with Gasteiger partial charge in [0, 0.05) is 24.3 Å².